The van der Waals surface area contributed by atoms with Gasteiger partial charge in [-0.1, -0.05) is 42.7 Å². The van der Waals surface area contributed by atoms with Crippen molar-refractivity contribution in [2.75, 3.05) is 0 Å². The molecule has 2 amide bonds. The molecule has 3 N–H and O–H groups in total. The molecular weight excluding hydrogens is 256 g/mol. The van der Waals surface area contributed by atoms with E-state index < -0.39 is 18.0 Å². The maximum absolute atomic E-state index is 11.9. The summed E-state index contributed by atoms with van der Waals surface area (Å²) < 4.78 is 0. The van der Waals surface area contributed by atoms with E-state index in [0.29, 0.717) is 5.56 Å². The van der Waals surface area contributed by atoms with Crippen LogP contribution in [0.5, 0.6) is 0 Å². The van der Waals surface area contributed by atoms with E-state index in [2.05, 4.69) is 10.6 Å². The second kappa shape index (κ2) is 6.41. The SMILES string of the molecule is Cc1cccc([C@@H](NC(=O)NC2CCCC2)C(=O)O)c1. The van der Waals surface area contributed by atoms with Crippen LogP contribution in [0, 0.1) is 6.92 Å². The number of carboxylic acids is 1. The normalized spacial score (nSPS) is 16.6. The fourth-order valence-electron chi connectivity index (χ4n) is 2.57. The number of aryl methyl sites for hydroxylation is 1. The third kappa shape index (κ3) is 3.73. The fraction of sp³-hybridized carbons (Fsp3) is 0.467. The molecular formula is C15H20N2O3. The maximum atomic E-state index is 11.9. The first-order valence-electron chi connectivity index (χ1n) is 6.92. The van der Waals surface area contributed by atoms with Gasteiger partial charge in [-0.3, -0.25) is 0 Å². The Balaban J connectivity index is 2.02. The van der Waals surface area contributed by atoms with Crippen LogP contribution in [0.4, 0.5) is 4.79 Å². The molecule has 0 aromatic heterocycles. The molecule has 0 bridgehead atoms. The molecule has 0 heterocycles. The largest absolute Gasteiger partial charge is 0.479 e. The number of aliphatic carboxylic acids is 1. The lowest BCUT2D eigenvalue weighted by molar-refractivity contribution is -0.139. The first kappa shape index (κ1) is 14.4. The molecule has 2 rings (SSSR count). The Morgan fingerprint density at radius 2 is 2.00 bits per heavy atom. The van der Waals surface area contributed by atoms with E-state index in [1.165, 1.54) is 0 Å². The molecule has 1 aliphatic rings. The monoisotopic (exact) mass is 276 g/mol. The van der Waals surface area contributed by atoms with E-state index in [4.69, 9.17) is 0 Å². The van der Waals surface area contributed by atoms with Gasteiger partial charge in [0.05, 0.1) is 0 Å². The van der Waals surface area contributed by atoms with E-state index in [0.717, 1.165) is 31.2 Å². The van der Waals surface area contributed by atoms with Gasteiger partial charge in [0.15, 0.2) is 6.04 Å². The number of urea groups is 1. The number of rotatable bonds is 4. The van der Waals surface area contributed by atoms with Crippen LogP contribution in [-0.4, -0.2) is 23.1 Å². The third-order valence-corrected chi connectivity index (χ3v) is 3.59. The number of nitrogens with one attached hydrogen (secondary N) is 2. The summed E-state index contributed by atoms with van der Waals surface area (Å²) in [4.78, 5) is 23.2. The summed E-state index contributed by atoms with van der Waals surface area (Å²) >= 11 is 0. The van der Waals surface area contributed by atoms with Gasteiger partial charge in [-0.15, -0.1) is 0 Å². The van der Waals surface area contributed by atoms with Gasteiger partial charge in [-0.05, 0) is 25.3 Å². The predicted octanol–water partition coefficient (Wildman–Crippen LogP) is 2.36. The van der Waals surface area contributed by atoms with E-state index in [9.17, 15) is 14.7 Å². The van der Waals surface area contributed by atoms with Crippen LogP contribution >= 0.6 is 0 Å². The molecule has 5 heteroatoms. The van der Waals surface area contributed by atoms with E-state index >= 15 is 0 Å². The summed E-state index contributed by atoms with van der Waals surface area (Å²) in [7, 11) is 0. The molecule has 0 unspecified atom stereocenters. The minimum atomic E-state index is -1.06. The summed E-state index contributed by atoms with van der Waals surface area (Å²) in [6, 6.07) is 5.90. The molecule has 0 radical (unpaired) electrons. The average molecular weight is 276 g/mol. The molecule has 108 valence electrons. The maximum Gasteiger partial charge on any atom is 0.330 e. The number of carbonyl (C=O) groups is 2. The molecule has 1 atom stereocenters. The number of hydrogen-bond acceptors (Lipinski definition) is 2. The molecule has 1 aromatic carbocycles. The Hall–Kier alpha value is -2.04. The zero-order chi connectivity index (χ0) is 14.5. The van der Waals surface area contributed by atoms with Gasteiger partial charge in [0.2, 0.25) is 0 Å². The molecule has 1 aliphatic carbocycles. The van der Waals surface area contributed by atoms with Crippen molar-refractivity contribution >= 4 is 12.0 Å². The second-order valence-electron chi connectivity index (χ2n) is 5.28. The standard InChI is InChI=1S/C15H20N2O3/c1-10-5-4-6-11(9-10)13(14(18)19)17-15(20)16-12-7-2-3-8-12/h4-6,9,12-13H,2-3,7-8H2,1H3,(H,18,19)(H2,16,17,20)/t13-/m1/s1. The topological polar surface area (TPSA) is 78.4 Å². The highest BCUT2D eigenvalue weighted by molar-refractivity contribution is 5.83. The number of carboxylic acid groups (broad SMARTS) is 1. The summed E-state index contributed by atoms with van der Waals surface area (Å²) in [6.07, 6.45) is 4.17. The number of benzene rings is 1. The van der Waals surface area contributed by atoms with Crippen LogP contribution < -0.4 is 10.6 Å². The quantitative estimate of drug-likeness (QED) is 0.790. The van der Waals surface area contributed by atoms with Crippen molar-refractivity contribution in [2.45, 2.75) is 44.7 Å². The molecule has 0 saturated heterocycles. The van der Waals surface area contributed by atoms with Crippen molar-refractivity contribution < 1.29 is 14.7 Å². The van der Waals surface area contributed by atoms with Crippen molar-refractivity contribution in [3.63, 3.8) is 0 Å². The Bertz CT molecular complexity index is 496. The summed E-state index contributed by atoms with van der Waals surface area (Å²) in [5.74, 6) is -1.06. The van der Waals surface area contributed by atoms with Gasteiger partial charge in [0.25, 0.3) is 0 Å². The van der Waals surface area contributed by atoms with Crippen LogP contribution in [-0.2, 0) is 4.79 Å². The van der Waals surface area contributed by atoms with Crippen molar-refractivity contribution in [3.05, 3.63) is 35.4 Å². The summed E-state index contributed by atoms with van der Waals surface area (Å²) in [5.41, 5.74) is 1.55. The van der Waals surface area contributed by atoms with Crippen LogP contribution in [0.25, 0.3) is 0 Å². The van der Waals surface area contributed by atoms with Gasteiger partial charge < -0.3 is 15.7 Å². The highest BCUT2D eigenvalue weighted by Gasteiger charge is 2.24. The highest BCUT2D eigenvalue weighted by atomic mass is 16.4. The minimum Gasteiger partial charge on any atom is -0.479 e. The Labute approximate surface area is 118 Å². The van der Waals surface area contributed by atoms with Gasteiger partial charge in [-0.2, -0.15) is 0 Å². The van der Waals surface area contributed by atoms with Crippen molar-refractivity contribution in [1.29, 1.82) is 0 Å². The van der Waals surface area contributed by atoms with Gasteiger partial charge in [-0.25, -0.2) is 9.59 Å². The van der Waals surface area contributed by atoms with Gasteiger partial charge in [0, 0.05) is 6.04 Å². The van der Waals surface area contributed by atoms with Crippen LogP contribution in [0.3, 0.4) is 0 Å². The van der Waals surface area contributed by atoms with E-state index in [-0.39, 0.29) is 6.04 Å². The Kier molecular flexibility index (Phi) is 4.61. The van der Waals surface area contributed by atoms with Crippen LogP contribution in [0.1, 0.15) is 42.9 Å². The summed E-state index contributed by atoms with van der Waals surface area (Å²) in [6.45, 7) is 1.89. The minimum absolute atomic E-state index is 0.168. The first-order chi connectivity index (χ1) is 9.56. The zero-order valence-electron chi connectivity index (χ0n) is 11.6. The predicted molar refractivity (Wildman–Crippen MR) is 75.5 cm³/mol. The molecule has 0 aliphatic heterocycles. The van der Waals surface area contributed by atoms with Crippen molar-refractivity contribution in [1.82, 2.24) is 10.6 Å². The van der Waals surface area contributed by atoms with Crippen molar-refractivity contribution in [3.8, 4) is 0 Å². The fourth-order valence-corrected chi connectivity index (χ4v) is 2.57. The third-order valence-electron chi connectivity index (χ3n) is 3.59. The second-order valence-corrected chi connectivity index (χ2v) is 5.28. The van der Waals surface area contributed by atoms with Crippen LogP contribution in [0.2, 0.25) is 0 Å². The van der Waals surface area contributed by atoms with Crippen molar-refractivity contribution in [2.24, 2.45) is 0 Å². The molecule has 1 aromatic rings. The Morgan fingerprint density at radius 3 is 2.60 bits per heavy atom. The summed E-state index contributed by atoms with van der Waals surface area (Å²) in [5, 5.41) is 14.7. The molecule has 1 fully saturated rings. The van der Waals surface area contributed by atoms with Gasteiger partial charge >= 0.3 is 12.0 Å². The lowest BCUT2D eigenvalue weighted by Crippen LogP contribution is -2.44. The average Bonchev–Trinajstić information content (AvgIpc) is 2.88. The zero-order valence-corrected chi connectivity index (χ0v) is 11.6. The highest BCUT2D eigenvalue weighted by Crippen LogP contribution is 2.18. The van der Waals surface area contributed by atoms with Gasteiger partial charge in [0.1, 0.15) is 0 Å². The van der Waals surface area contributed by atoms with E-state index in [1.807, 2.05) is 13.0 Å². The number of carbonyl (C=O) groups excluding carboxylic acids is 1. The number of amides is 2. The lowest BCUT2D eigenvalue weighted by atomic mass is 10.0. The Morgan fingerprint density at radius 1 is 1.30 bits per heavy atom. The van der Waals surface area contributed by atoms with E-state index in [1.54, 1.807) is 18.2 Å². The molecule has 0 spiro atoms. The first-order valence-corrected chi connectivity index (χ1v) is 6.92. The molecule has 20 heavy (non-hydrogen) atoms. The number of hydrogen-bond donors (Lipinski definition) is 3. The molecule has 5 nitrogen and oxygen atoms in total. The van der Waals surface area contributed by atoms with Crippen LogP contribution in [0.15, 0.2) is 24.3 Å². The smallest absolute Gasteiger partial charge is 0.330 e. The lowest BCUT2D eigenvalue weighted by Gasteiger charge is -2.18. The molecule has 1 saturated carbocycles.